The van der Waals surface area contributed by atoms with Gasteiger partial charge in [-0.15, -0.1) is 0 Å². The zero-order valence-electron chi connectivity index (χ0n) is 9.01. The van der Waals surface area contributed by atoms with E-state index in [1.807, 2.05) is 0 Å². The molecule has 46 heteroatoms. The molecule has 0 fully saturated rings. The summed E-state index contributed by atoms with van der Waals surface area (Å²) in [7, 11) is 0. The molecule has 0 aliphatic heterocycles. The third-order valence-corrected chi connectivity index (χ3v) is 0. The van der Waals surface area contributed by atoms with Crippen molar-refractivity contribution in [1.29, 1.82) is 0 Å². The van der Waals surface area contributed by atoms with E-state index in [0.29, 0.717) is 0 Å². The van der Waals surface area contributed by atoms with Crippen LogP contribution < -0.4 is 0 Å². The zero-order valence-corrected chi connectivity index (χ0v) is 9.01. The number of carbonyl (C=O) groups is 5. The van der Waals surface area contributed by atoms with Crippen LogP contribution in [0, 0.1) is 0 Å². The summed E-state index contributed by atoms with van der Waals surface area (Å²) in [5.74, 6) is 0. The molecule has 0 saturated heterocycles. The van der Waals surface area contributed by atoms with Crippen molar-refractivity contribution in [1.82, 2.24) is 0 Å². The Morgan fingerprint density at radius 2 is 0.137 bits per heavy atom. The van der Waals surface area contributed by atoms with E-state index in [1.165, 1.54) is 0 Å². The van der Waals surface area contributed by atoms with Crippen LogP contribution in [0.4, 0.5) is 24.0 Å². The van der Waals surface area contributed by atoms with Crippen LogP contribution in [-0.4, -0.2) is 998 Å². The van der Waals surface area contributed by atoms with E-state index < -0.39 is 30.8 Å². The summed E-state index contributed by atoms with van der Waals surface area (Å²) in [4.78, 5) is 42.8. The molecule has 0 atom stereocenters. The monoisotopic (exact) mass is 1050 g/mol. The van der Waals surface area contributed by atoms with E-state index in [1.54, 1.807) is 0 Å². The summed E-state index contributed by atoms with van der Waals surface area (Å²) < 4.78 is 0. The molecule has 10 N–H and O–H groups in total. The topological polar surface area (TPSA) is 288 Å². The molecule has 0 saturated carbocycles. The second-order valence-corrected chi connectivity index (χ2v) is 1.41. The molecular formula is C5H41Na31O15. The molecule has 0 bridgehead atoms. The molecule has 0 aromatic rings. The molecule has 0 unspecified atom stereocenters. The average Bonchev–Trinajstić information content (AvgIpc) is 1.94. The van der Waals surface area contributed by atoms with Crippen molar-refractivity contribution < 1.29 is 75.0 Å². The van der Waals surface area contributed by atoms with E-state index in [0.717, 1.165) is 0 Å². The van der Waals surface area contributed by atoms with Gasteiger partial charge in [-0.3, -0.25) is 0 Å². The van der Waals surface area contributed by atoms with Gasteiger partial charge in [0.1, 0.15) is 0 Å². The van der Waals surface area contributed by atoms with Gasteiger partial charge in [0.15, 0.2) is 0 Å². The zero-order chi connectivity index (χ0) is 17.9. The third-order valence-electron chi connectivity index (χ3n) is 0. The van der Waals surface area contributed by atoms with Gasteiger partial charge < -0.3 is 51.1 Å². The molecule has 15 nitrogen and oxygen atoms in total. The van der Waals surface area contributed by atoms with E-state index in [2.05, 4.69) is 0 Å². The van der Waals surface area contributed by atoms with Crippen molar-refractivity contribution in [3.63, 3.8) is 0 Å². The molecule has 0 aliphatic rings. The van der Waals surface area contributed by atoms with Crippen LogP contribution in [0.1, 0.15) is 0 Å². The van der Waals surface area contributed by atoms with Crippen molar-refractivity contribution in [2.75, 3.05) is 0 Å². The van der Waals surface area contributed by atoms with E-state index >= 15 is 0 Å². The molecule has 0 heterocycles. The van der Waals surface area contributed by atoms with Gasteiger partial charge in [-0.1, -0.05) is 0 Å². The van der Waals surface area contributed by atoms with Crippen molar-refractivity contribution in [2.45, 2.75) is 0 Å². The molecule has 0 aromatic carbocycles. The predicted octanol–water partition coefficient (Wildman–Crippen LogP) is -19.0. The summed E-state index contributed by atoms with van der Waals surface area (Å²) in [6, 6.07) is 0. The number of carboxylic acid groups (broad SMARTS) is 10. The molecule has 0 radical (unpaired) electrons. The molecule has 0 aliphatic carbocycles. The van der Waals surface area contributed by atoms with Gasteiger partial charge in [-0.25, -0.2) is 24.0 Å². The SMILES string of the molecule is O=C(O)O.O=C(O)O.O=C(O)O.O=C(O)O.O=C(O)O.[NaH].[NaH].[NaH].[NaH].[NaH].[NaH].[NaH].[NaH].[NaH].[NaH].[NaH].[NaH].[NaH].[NaH].[NaH].[NaH].[NaH].[NaH].[NaH].[NaH].[NaH].[NaH].[NaH].[NaH].[NaH].[NaH].[NaH].[NaH].[NaH].[NaH].[NaH]. The van der Waals surface area contributed by atoms with Crippen molar-refractivity contribution in [3.05, 3.63) is 0 Å². The Morgan fingerprint density at radius 1 is 0.137 bits per heavy atom. The van der Waals surface area contributed by atoms with Gasteiger partial charge in [0.05, 0.1) is 0 Å². The Labute approximate surface area is 988 Å². The van der Waals surface area contributed by atoms with E-state index in [9.17, 15) is 0 Å². The molecule has 0 amide bonds. The summed E-state index contributed by atoms with van der Waals surface area (Å²) in [6.45, 7) is 0. The Kier molecular flexibility index (Phi) is 1290. The molecule has 0 aromatic heterocycles. The second-order valence-electron chi connectivity index (χ2n) is 1.41. The third kappa shape index (κ3) is 587. The van der Waals surface area contributed by atoms with Crippen LogP contribution in [0.3, 0.4) is 0 Å². The minimum absolute atomic E-state index is 0. The van der Waals surface area contributed by atoms with E-state index in [-0.39, 0.29) is 916 Å². The van der Waals surface area contributed by atoms with Gasteiger partial charge in [0, 0.05) is 0 Å². The Balaban J connectivity index is -0.00000000141. The quantitative estimate of drug-likeness (QED) is 0.101. The first-order valence-electron chi connectivity index (χ1n) is 3.26. The predicted molar refractivity (Wildman–Crippen MR) is 275 cm³/mol. The maximum atomic E-state index is 8.56. The maximum absolute atomic E-state index is 8.56. The average molecular weight is 1050 g/mol. The first kappa shape index (κ1) is 261. The van der Waals surface area contributed by atoms with Gasteiger partial charge in [0.2, 0.25) is 0 Å². The molecule has 0 rings (SSSR count). The second kappa shape index (κ2) is 251. The van der Waals surface area contributed by atoms with Crippen molar-refractivity contribution in [3.8, 4) is 0 Å². The van der Waals surface area contributed by atoms with Crippen LogP contribution in [0.25, 0.3) is 0 Å². The Hall–Kier alpha value is 27.4. The van der Waals surface area contributed by atoms with Crippen LogP contribution in [-0.2, 0) is 0 Å². The Morgan fingerprint density at radius 3 is 0.137 bits per heavy atom. The normalized spacial score (nSPS) is 2.35. The van der Waals surface area contributed by atoms with Crippen LogP contribution >= 0.6 is 0 Å². The fourth-order valence-corrected chi connectivity index (χ4v) is 0. The van der Waals surface area contributed by atoms with Gasteiger partial charge >= 0.3 is 947 Å². The number of hydrogen-bond donors (Lipinski definition) is 10. The Bertz CT molecular complexity index is 250. The minimum atomic E-state index is -1.83. The van der Waals surface area contributed by atoms with Crippen molar-refractivity contribution in [2.24, 2.45) is 0 Å². The molecule has 182 valence electrons. The molecule has 0 spiro atoms. The van der Waals surface area contributed by atoms with Gasteiger partial charge in [0.25, 0.3) is 0 Å². The van der Waals surface area contributed by atoms with Crippen LogP contribution in [0.15, 0.2) is 0 Å². The fraction of sp³-hybridized carbons (Fsp3) is 0. The number of rotatable bonds is 0. The number of hydrogen-bond acceptors (Lipinski definition) is 5. The summed E-state index contributed by atoms with van der Waals surface area (Å²) in [6.07, 6.45) is -9.17. The summed E-state index contributed by atoms with van der Waals surface area (Å²) in [5.41, 5.74) is 0. The van der Waals surface area contributed by atoms with Crippen LogP contribution in [0.5, 0.6) is 0 Å². The first-order valence-corrected chi connectivity index (χ1v) is 3.26. The van der Waals surface area contributed by atoms with Gasteiger partial charge in [-0.05, 0) is 0 Å². The summed E-state index contributed by atoms with van der Waals surface area (Å²) in [5, 5.41) is 69.7. The standard InChI is InChI=1S/5CH2O3.31Na.31H/c5*2-1(3)4;;;;;;;;;;;;;;;;;;;;;;;;;;;;;;;;;;;;;;;;;;;;;;;;;;;;;;;;;;;;;;/h5*(H2,2,3,4);;;;;;;;;;;;;;;;;;;;;;;;;;;;;;;;;;;;;;;;;;;;;;;;;;;;;;;;;;;;;;. The van der Waals surface area contributed by atoms with Crippen molar-refractivity contribution >= 4 is 947 Å². The molecular weight excluding hydrogens is 1010 g/mol. The van der Waals surface area contributed by atoms with E-state index in [4.69, 9.17) is 75.0 Å². The fourth-order valence-electron chi connectivity index (χ4n) is 0. The molecule has 51 heavy (non-hydrogen) atoms. The van der Waals surface area contributed by atoms with Gasteiger partial charge in [-0.2, -0.15) is 0 Å². The first-order chi connectivity index (χ1) is 8.66. The van der Waals surface area contributed by atoms with Crippen LogP contribution in [0.2, 0.25) is 0 Å². The summed E-state index contributed by atoms with van der Waals surface area (Å²) >= 11 is 0.